The molecule has 0 heterocycles. The van der Waals surface area contributed by atoms with Gasteiger partial charge in [0.05, 0.1) is 4.90 Å². The van der Waals surface area contributed by atoms with E-state index in [4.69, 9.17) is 5.11 Å². The van der Waals surface area contributed by atoms with Gasteiger partial charge in [-0.3, -0.25) is 0 Å². The van der Waals surface area contributed by atoms with Crippen molar-refractivity contribution in [2.24, 2.45) is 0 Å². The fourth-order valence-electron chi connectivity index (χ4n) is 2.23. The normalized spacial score (nSPS) is 13.0. The van der Waals surface area contributed by atoms with Gasteiger partial charge in [0.25, 0.3) is 0 Å². The summed E-state index contributed by atoms with van der Waals surface area (Å²) in [4.78, 5) is 0.0127. The third kappa shape index (κ3) is 4.56. The minimum atomic E-state index is -3.88. The Labute approximate surface area is 138 Å². The maximum absolute atomic E-state index is 13.7. The van der Waals surface area contributed by atoms with E-state index >= 15 is 0 Å². The molecule has 0 spiro atoms. The van der Waals surface area contributed by atoms with Crippen LogP contribution in [0.4, 0.5) is 13.2 Å². The summed E-state index contributed by atoms with van der Waals surface area (Å²) in [5.41, 5.74) is -0.178. The molecule has 0 saturated heterocycles. The van der Waals surface area contributed by atoms with Crippen molar-refractivity contribution >= 4 is 10.0 Å². The van der Waals surface area contributed by atoms with Crippen LogP contribution in [-0.2, 0) is 16.4 Å². The monoisotopic (exact) mass is 359 g/mol. The van der Waals surface area contributed by atoms with Crippen molar-refractivity contribution in [1.29, 1.82) is 0 Å². The highest BCUT2D eigenvalue weighted by atomic mass is 32.2. The van der Waals surface area contributed by atoms with Crippen LogP contribution in [0.25, 0.3) is 0 Å². The van der Waals surface area contributed by atoms with Crippen LogP contribution in [0, 0.1) is 17.5 Å². The average molecular weight is 359 g/mol. The molecular weight excluding hydrogens is 343 g/mol. The molecule has 0 unspecified atom stereocenters. The second-order valence-electron chi connectivity index (χ2n) is 5.21. The predicted molar refractivity (Wildman–Crippen MR) is 82.3 cm³/mol. The maximum Gasteiger partial charge on any atom is 0.240 e. The van der Waals surface area contributed by atoms with Crippen molar-refractivity contribution in [3.05, 3.63) is 65.5 Å². The molecule has 0 amide bonds. The van der Waals surface area contributed by atoms with Crippen LogP contribution in [0.5, 0.6) is 0 Å². The fraction of sp³-hybridized carbons (Fsp3) is 0.250. The number of hydrogen-bond acceptors (Lipinski definition) is 3. The Kier molecular flexibility index (Phi) is 5.98. The van der Waals surface area contributed by atoms with Crippen molar-refractivity contribution in [3.8, 4) is 0 Å². The van der Waals surface area contributed by atoms with Crippen molar-refractivity contribution in [2.75, 3.05) is 6.61 Å². The number of aliphatic hydroxyl groups excluding tert-OH is 1. The third-order valence-corrected chi connectivity index (χ3v) is 4.94. The van der Waals surface area contributed by atoms with Gasteiger partial charge in [-0.15, -0.1) is 0 Å². The van der Waals surface area contributed by atoms with Crippen LogP contribution in [0.1, 0.15) is 12.0 Å². The van der Waals surface area contributed by atoms with Crippen molar-refractivity contribution in [2.45, 2.75) is 23.8 Å². The highest BCUT2D eigenvalue weighted by Gasteiger charge is 2.22. The summed E-state index contributed by atoms with van der Waals surface area (Å²) < 4.78 is 66.9. The smallest absolute Gasteiger partial charge is 0.240 e. The quantitative estimate of drug-likeness (QED) is 0.746. The van der Waals surface area contributed by atoms with E-state index in [1.165, 1.54) is 12.1 Å². The third-order valence-electron chi connectivity index (χ3n) is 3.41. The maximum atomic E-state index is 13.7. The Morgan fingerprint density at radius 1 is 1.00 bits per heavy atom. The molecule has 0 aliphatic rings. The lowest BCUT2D eigenvalue weighted by molar-refractivity contribution is 0.271. The fourth-order valence-corrected chi connectivity index (χ4v) is 3.52. The van der Waals surface area contributed by atoms with E-state index < -0.39 is 33.5 Å². The summed E-state index contributed by atoms with van der Waals surface area (Å²) in [6.07, 6.45) is -0.236. The number of nitrogens with one attached hydrogen (secondary N) is 1. The average Bonchev–Trinajstić information content (AvgIpc) is 2.53. The summed E-state index contributed by atoms with van der Waals surface area (Å²) in [5, 5.41) is 9.09. The van der Waals surface area contributed by atoms with Gasteiger partial charge in [0.2, 0.25) is 10.0 Å². The summed E-state index contributed by atoms with van der Waals surface area (Å²) in [6, 6.07) is 7.74. The van der Waals surface area contributed by atoms with Gasteiger partial charge in [-0.1, -0.05) is 18.2 Å². The van der Waals surface area contributed by atoms with Gasteiger partial charge in [0.15, 0.2) is 11.6 Å². The second kappa shape index (κ2) is 7.78. The molecule has 130 valence electrons. The van der Waals surface area contributed by atoms with Gasteiger partial charge in [0, 0.05) is 18.7 Å². The second-order valence-corrected chi connectivity index (χ2v) is 6.92. The molecule has 8 heteroatoms. The first kappa shape index (κ1) is 18.4. The van der Waals surface area contributed by atoms with Crippen molar-refractivity contribution < 1.29 is 26.7 Å². The minimum absolute atomic E-state index is 0.00943. The molecule has 2 aromatic carbocycles. The Bertz CT molecular complexity index is 798. The minimum Gasteiger partial charge on any atom is -0.396 e. The van der Waals surface area contributed by atoms with Crippen LogP contribution < -0.4 is 4.72 Å². The summed E-state index contributed by atoms with van der Waals surface area (Å²) >= 11 is 0. The summed E-state index contributed by atoms with van der Waals surface area (Å²) in [5.74, 6) is -3.52. The molecular formula is C16H16F3NO3S. The first-order chi connectivity index (χ1) is 11.3. The zero-order valence-corrected chi connectivity index (χ0v) is 13.4. The highest BCUT2D eigenvalue weighted by molar-refractivity contribution is 7.89. The predicted octanol–water partition coefficient (Wildman–Crippen LogP) is 2.38. The molecule has 24 heavy (non-hydrogen) atoms. The van der Waals surface area contributed by atoms with E-state index in [9.17, 15) is 21.6 Å². The molecule has 0 radical (unpaired) electrons. The molecule has 0 fully saturated rings. The zero-order valence-electron chi connectivity index (χ0n) is 12.5. The molecule has 0 aromatic heterocycles. The van der Waals surface area contributed by atoms with Gasteiger partial charge < -0.3 is 5.11 Å². The molecule has 2 rings (SSSR count). The number of sulfonamides is 1. The molecule has 0 aliphatic heterocycles. The molecule has 0 bridgehead atoms. The van der Waals surface area contributed by atoms with E-state index in [0.717, 1.165) is 0 Å². The van der Waals surface area contributed by atoms with Crippen molar-refractivity contribution in [1.82, 2.24) is 4.72 Å². The van der Waals surface area contributed by atoms with Gasteiger partial charge >= 0.3 is 0 Å². The molecule has 2 aromatic rings. The Morgan fingerprint density at radius 3 is 2.25 bits per heavy atom. The highest BCUT2D eigenvalue weighted by Crippen LogP contribution is 2.17. The zero-order chi connectivity index (χ0) is 17.7. The Hall–Kier alpha value is -1.90. The largest absolute Gasteiger partial charge is 0.396 e. The van der Waals surface area contributed by atoms with Gasteiger partial charge in [-0.25, -0.2) is 26.3 Å². The molecule has 1 atom stereocenters. The van der Waals surface area contributed by atoms with Crippen LogP contribution >= 0.6 is 0 Å². The van der Waals surface area contributed by atoms with Gasteiger partial charge in [0.1, 0.15) is 5.82 Å². The summed E-state index contributed by atoms with van der Waals surface area (Å²) in [7, 11) is -3.88. The lowest BCUT2D eigenvalue weighted by Gasteiger charge is -2.18. The molecule has 2 N–H and O–H groups in total. The number of hydrogen-bond donors (Lipinski definition) is 2. The Morgan fingerprint density at radius 2 is 1.62 bits per heavy atom. The first-order valence-electron chi connectivity index (χ1n) is 7.15. The van der Waals surface area contributed by atoms with Crippen LogP contribution in [0.2, 0.25) is 0 Å². The Balaban J connectivity index is 2.23. The van der Waals surface area contributed by atoms with Crippen molar-refractivity contribution in [3.63, 3.8) is 0 Å². The molecule has 0 saturated carbocycles. The number of rotatable bonds is 7. The lowest BCUT2D eigenvalue weighted by atomic mass is 10.0. The van der Waals surface area contributed by atoms with E-state index in [1.54, 1.807) is 18.2 Å². The topological polar surface area (TPSA) is 66.4 Å². The van der Waals surface area contributed by atoms with Crippen LogP contribution in [-0.4, -0.2) is 26.2 Å². The van der Waals surface area contributed by atoms with E-state index in [2.05, 4.69) is 4.72 Å². The first-order valence-corrected chi connectivity index (χ1v) is 8.63. The number of halogens is 3. The van der Waals surface area contributed by atoms with E-state index in [-0.39, 0.29) is 29.9 Å². The molecule has 4 nitrogen and oxygen atoms in total. The summed E-state index contributed by atoms with van der Waals surface area (Å²) in [6.45, 7) is -0.354. The van der Waals surface area contributed by atoms with E-state index in [0.29, 0.717) is 12.1 Å². The number of aliphatic hydroxyl groups is 1. The van der Waals surface area contributed by atoms with Gasteiger partial charge in [-0.05, 0) is 36.6 Å². The van der Waals surface area contributed by atoms with Crippen LogP contribution in [0.15, 0.2) is 47.4 Å². The van der Waals surface area contributed by atoms with Crippen LogP contribution in [0.3, 0.4) is 0 Å². The lowest BCUT2D eigenvalue weighted by Crippen LogP contribution is -2.37. The SMILES string of the molecule is O=S(=O)(N[C@@H](CCO)Cc1cc(F)c(F)cc1F)c1ccccc1. The van der Waals surface area contributed by atoms with E-state index in [1.807, 2.05) is 0 Å². The standard InChI is InChI=1S/C16H16F3NO3S/c17-14-10-16(19)15(18)9-11(14)8-12(6-7-21)20-24(22,23)13-4-2-1-3-5-13/h1-5,9-10,12,20-21H,6-8H2/t12-/m0/s1. The molecule has 0 aliphatic carbocycles. The number of benzene rings is 2. The van der Waals surface area contributed by atoms with Gasteiger partial charge in [-0.2, -0.15) is 0 Å².